The van der Waals surface area contributed by atoms with Crippen LogP contribution in [0.1, 0.15) is 35.8 Å². The molecule has 0 bridgehead atoms. The van der Waals surface area contributed by atoms with Gasteiger partial charge in [-0.1, -0.05) is 19.0 Å². The molecule has 0 saturated carbocycles. The number of carbonyl (C=O) groups excluding carboxylic acids is 1. The molecule has 0 unspecified atom stereocenters. The largest absolute Gasteiger partial charge is 0.356 e. The number of hydrogen-bond donors (Lipinski definition) is 0. The molecular weight excluding hydrogens is 178 g/mol. The minimum absolute atomic E-state index is 0.304. The van der Waals surface area contributed by atoms with Crippen molar-refractivity contribution >= 4 is 17.3 Å². The summed E-state index contributed by atoms with van der Waals surface area (Å²) in [6.07, 6.45) is 0.830. The highest BCUT2D eigenvalue weighted by Gasteiger charge is 2.11. The number of hydrogen-bond acceptors (Lipinski definition) is 3. The van der Waals surface area contributed by atoms with E-state index >= 15 is 0 Å². The fraction of sp³-hybridized carbons (Fsp3) is 0.273. The predicted molar refractivity (Wildman–Crippen MR) is 53.5 cm³/mol. The lowest BCUT2D eigenvalue weighted by Gasteiger charge is -1.98. The first-order chi connectivity index (χ1) is 6.72. The molecule has 0 atom stereocenters. The molecule has 2 rings (SSSR count). The second kappa shape index (κ2) is 3.25. The van der Waals surface area contributed by atoms with Gasteiger partial charge in [0.15, 0.2) is 5.58 Å². The van der Waals surface area contributed by atoms with Crippen LogP contribution < -0.4 is 0 Å². The van der Waals surface area contributed by atoms with Crippen LogP contribution in [-0.2, 0) is 0 Å². The van der Waals surface area contributed by atoms with Crippen LogP contribution in [0.5, 0.6) is 0 Å². The van der Waals surface area contributed by atoms with Gasteiger partial charge < -0.3 is 4.52 Å². The molecule has 0 radical (unpaired) electrons. The standard InChI is InChI=1S/C11H11NO2/c1-7(2)11-9-5-8(6-13)3-4-10(9)14-12-11/h3-7H,1-2H3. The number of aldehydes is 1. The zero-order valence-corrected chi connectivity index (χ0v) is 8.15. The summed E-state index contributed by atoms with van der Waals surface area (Å²) in [6.45, 7) is 4.09. The van der Waals surface area contributed by atoms with Gasteiger partial charge in [-0.2, -0.15) is 0 Å². The van der Waals surface area contributed by atoms with Crippen molar-refractivity contribution in [3.8, 4) is 0 Å². The number of fused-ring (bicyclic) bond motifs is 1. The van der Waals surface area contributed by atoms with Gasteiger partial charge in [-0.25, -0.2) is 0 Å². The molecule has 2 aromatic rings. The Hall–Kier alpha value is -1.64. The van der Waals surface area contributed by atoms with Gasteiger partial charge in [0.2, 0.25) is 0 Å². The molecule has 0 aliphatic heterocycles. The van der Waals surface area contributed by atoms with Crippen molar-refractivity contribution in [2.45, 2.75) is 19.8 Å². The average Bonchev–Trinajstić information content (AvgIpc) is 2.59. The van der Waals surface area contributed by atoms with Gasteiger partial charge in [0.1, 0.15) is 6.29 Å². The van der Waals surface area contributed by atoms with Crippen molar-refractivity contribution in [3.05, 3.63) is 29.5 Å². The van der Waals surface area contributed by atoms with Crippen LogP contribution in [-0.4, -0.2) is 11.4 Å². The van der Waals surface area contributed by atoms with Crippen LogP contribution in [0, 0.1) is 0 Å². The number of aromatic nitrogens is 1. The smallest absolute Gasteiger partial charge is 0.167 e. The SMILES string of the molecule is CC(C)c1noc2ccc(C=O)cc12. The zero-order chi connectivity index (χ0) is 10.1. The molecule has 0 amide bonds. The predicted octanol–water partition coefficient (Wildman–Crippen LogP) is 2.76. The topological polar surface area (TPSA) is 43.1 Å². The van der Waals surface area contributed by atoms with Crippen molar-refractivity contribution in [3.63, 3.8) is 0 Å². The summed E-state index contributed by atoms with van der Waals surface area (Å²) in [5, 5.41) is 4.91. The van der Waals surface area contributed by atoms with Crippen molar-refractivity contribution in [2.75, 3.05) is 0 Å². The highest BCUT2D eigenvalue weighted by molar-refractivity contribution is 5.87. The van der Waals surface area contributed by atoms with Crippen molar-refractivity contribution < 1.29 is 9.32 Å². The average molecular weight is 189 g/mol. The van der Waals surface area contributed by atoms with E-state index in [0.717, 1.165) is 22.9 Å². The summed E-state index contributed by atoms with van der Waals surface area (Å²) in [7, 11) is 0. The molecule has 0 N–H and O–H groups in total. The van der Waals surface area contributed by atoms with Crippen LogP contribution in [0.2, 0.25) is 0 Å². The summed E-state index contributed by atoms with van der Waals surface area (Å²) in [6, 6.07) is 5.32. The summed E-state index contributed by atoms with van der Waals surface area (Å²) in [4.78, 5) is 10.6. The number of carbonyl (C=O) groups is 1. The van der Waals surface area contributed by atoms with Gasteiger partial charge >= 0.3 is 0 Å². The molecule has 14 heavy (non-hydrogen) atoms. The zero-order valence-electron chi connectivity index (χ0n) is 8.15. The van der Waals surface area contributed by atoms with Gasteiger partial charge in [-0.15, -0.1) is 0 Å². The number of benzene rings is 1. The Morgan fingerprint density at radius 2 is 2.21 bits per heavy atom. The Labute approximate surface area is 81.7 Å². The molecule has 0 spiro atoms. The lowest BCUT2D eigenvalue weighted by Crippen LogP contribution is -1.87. The molecule has 0 saturated heterocycles. The molecule has 1 aromatic heterocycles. The van der Waals surface area contributed by atoms with Crippen molar-refractivity contribution in [1.29, 1.82) is 0 Å². The Balaban J connectivity index is 2.69. The Bertz CT molecular complexity index is 471. The van der Waals surface area contributed by atoms with E-state index in [4.69, 9.17) is 4.52 Å². The normalized spacial score (nSPS) is 11.1. The first kappa shape index (κ1) is 8.94. The van der Waals surface area contributed by atoms with E-state index in [1.165, 1.54) is 0 Å². The summed E-state index contributed by atoms with van der Waals surface area (Å²) in [5.41, 5.74) is 2.30. The fourth-order valence-corrected chi connectivity index (χ4v) is 1.46. The van der Waals surface area contributed by atoms with Crippen LogP contribution in [0.15, 0.2) is 22.7 Å². The summed E-state index contributed by atoms with van der Waals surface area (Å²) in [5.74, 6) is 0.304. The monoisotopic (exact) mass is 189 g/mol. The molecule has 0 fully saturated rings. The van der Waals surface area contributed by atoms with Crippen molar-refractivity contribution in [2.24, 2.45) is 0 Å². The lowest BCUT2D eigenvalue weighted by molar-refractivity contribution is 0.112. The Morgan fingerprint density at radius 1 is 1.43 bits per heavy atom. The van der Waals surface area contributed by atoms with E-state index in [1.54, 1.807) is 12.1 Å². The molecular formula is C11H11NO2. The van der Waals surface area contributed by atoms with Crippen LogP contribution in [0.25, 0.3) is 11.0 Å². The maximum atomic E-state index is 10.6. The van der Waals surface area contributed by atoms with Gasteiger partial charge in [-0.05, 0) is 24.1 Å². The van der Waals surface area contributed by atoms with Crippen LogP contribution in [0.3, 0.4) is 0 Å². The van der Waals surface area contributed by atoms with E-state index in [0.29, 0.717) is 11.5 Å². The number of rotatable bonds is 2. The van der Waals surface area contributed by atoms with Crippen LogP contribution in [0.4, 0.5) is 0 Å². The van der Waals surface area contributed by atoms with E-state index in [2.05, 4.69) is 5.16 Å². The summed E-state index contributed by atoms with van der Waals surface area (Å²) >= 11 is 0. The number of nitrogens with zero attached hydrogens (tertiary/aromatic N) is 1. The van der Waals surface area contributed by atoms with E-state index in [1.807, 2.05) is 19.9 Å². The second-order valence-electron chi connectivity index (χ2n) is 3.60. The fourth-order valence-electron chi connectivity index (χ4n) is 1.46. The highest BCUT2D eigenvalue weighted by Crippen LogP contribution is 2.24. The minimum atomic E-state index is 0.304. The summed E-state index contributed by atoms with van der Waals surface area (Å²) < 4.78 is 5.14. The molecule has 0 aliphatic rings. The quantitative estimate of drug-likeness (QED) is 0.682. The Kier molecular flexibility index (Phi) is 2.08. The molecule has 3 heteroatoms. The van der Waals surface area contributed by atoms with Gasteiger partial charge in [-0.3, -0.25) is 4.79 Å². The van der Waals surface area contributed by atoms with Gasteiger partial charge in [0.25, 0.3) is 0 Å². The first-order valence-corrected chi connectivity index (χ1v) is 4.57. The maximum absolute atomic E-state index is 10.6. The second-order valence-corrected chi connectivity index (χ2v) is 3.60. The van der Waals surface area contributed by atoms with E-state index in [9.17, 15) is 4.79 Å². The minimum Gasteiger partial charge on any atom is -0.356 e. The third kappa shape index (κ3) is 1.31. The third-order valence-electron chi connectivity index (χ3n) is 2.20. The van der Waals surface area contributed by atoms with Crippen molar-refractivity contribution in [1.82, 2.24) is 5.16 Å². The van der Waals surface area contributed by atoms with E-state index in [-0.39, 0.29) is 0 Å². The lowest BCUT2D eigenvalue weighted by atomic mass is 10.0. The highest BCUT2D eigenvalue weighted by atomic mass is 16.5. The van der Waals surface area contributed by atoms with Gasteiger partial charge in [0, 0.05) is 10.9 Å². The molecule has 0 aliphatic carbocycles. The molecule has 1 aromatic carbocycles. The van der Waals surface area contributed by atoms with E-state index < -0.39 is 0 Å². The maximum Gasteiger partial charge on any atom is 0.167 e. The Morgan fingerprint density at radius 3 is 2.86 bits per heavy atom. The molecule has 1 heterocycles. The first-order valence-electron chi connectivity index (χ1n) is 4.57. The third-order valence-corrected chi connectivity index (χ3v) is 2.20. The van der Waals surface area contributed by atoms with Gasteiger partial charge in [0.05, 0.1) is 5.69 Å². The molecule has 3 nitrogen and oxygen atoms in total. The molecule has 72 valence electrons. The van der Waals surface area contributed by atoms with Crippen LogP contribution >= 0.6 is 0 Å².